The molecule has 0 aromatic heterocycles. The maximum absolute atomic E-state index is 5.75. The topological polar surface area (TPSA) is 44.5 Å². The molecule has 0 aliphatic carbocycles. The Kier molecular flexibility index (Phi) is 2.87. The summed E-state index contributed by atoms with van der Waals surface area (Å²) in [5.41, 5.74) is 5.53. The second-order valence-corrected chi connectivity index (χ2v) is 3.79. The third-order valence-electron chi connectivity index (χ3n) is 1.58. The van der Waals surface area contributed by atoms with Gasteiger partial charge in [-0.25, -0.2) is 0 Å². The largest absolute Gasteiger partial charge is 0.379 e. The fourth-order valence-electron chi connectivity index (χ4n) is 0.977. The Balaban J connectivity index is 2.11. The summed E-state index contributed by atoms with van der Waals surface area (Å²) in [6.45, 7) is 6.10. The molecule has 1 atom stereocenters. The van der Waals surface area contributed by atoms with Gasteiger partial charge in [-0.2, -0.15) is 0 Å². The van der Waals surface area contributed by atoms with Gasteiger partial charge in [0.15, 0.2) is 0 Å². The van der Waals surface area contributed by atoms with E-state index in [0.717, 1.165) is 19.6 Å². The predicted octanol–water partition coefficient (Wildman–Crippen LogP) is 0.529. The first-order valence-electron chi connectivity index (χ1n) is 4.06. The smallest absolute Gasteiger partial charge is 0.0831 e. The highest BCUT2D eigenvalue weighted by atomic mass is 16.5. The molecule has 0 aromatic rings. The van der Waals surface area contributed by atoms with Gasteiger partial charge in [0.1, 0.15) is 0 Å². The van der Waals surface area contributed by atoms with Crippen molar-refractivity contribution >= 4 is 0 Å². The molecule has 0 bridgehead atoms. The number of hydrogen-bond acceptors (Lipinski definition) is 3. The van der Waals surface area contributed by atoms with Crippen LogP contribution in [-0.2, 0) is 9.47 Å². The van der Waals surface area contributed by atoms with E-state index < -0.39 is 0 Å². The van der Waals surface area contributed by atoms with Crippen molar-refractivity contribution in [3.8, 4) is 0 Å². The van der Waals surface area contributed by atoms with Crippen LogP contribution < -0.4 is 5.73 Å². The summed E-state index contributed by atoms with van der Waals surface area (Å²) in [6.07, 6.45) is 1.29. The fourth-order valence-corrected chi connectivity index (χ4v) is 0.977. The Morgan fingerprint density at radius 1 is 1.64 bits per heavy atom. The van der Waals surface area contributed by atoms with E-state index in [9.17, 15) is 0 Å². The van der Waals surface area contributed by atoms with Gasteiger partial charge in [0.2, 0.25) is 0 Å². The van der Waals surface area contributed by atoms with E-state index in [1.165, 1.54) is 0 Å². The van der Waals surface area contributed by atoms with E-state index in [4.69, 9.17) is 15.2 Å². The van der Waals surface area contributed by atoms with Crippen molar-refractivity contribution in [2.75, 3.05) is 19.8 Å². The summed E-state index contributed by atoms with van der Waals surface area (Å²) in [4.78, 5) is 0. The number of ether oxygens (including phenoxy) is 2. The lowest BCUT2D eigenvalue weighted by Crippen LogP contribution is -2.39. The van der Waals surface area contributed by atoms with Crippen LogP contribution in [-0.4, -0.2) is 31.5 Å². The lowest BCUT2D eigenvalue weighted by atomic mass is 10.1. The molecule has 0 spiro atoms. The summed E-state index contributed by atoms with van der Waals surface area (Å²) in [5.74, 6) is 0. The molecule has 3 heteroatoms. The zero-order chi connectivity index (χ0) is 8.32. The minimum absolute atomic E-state index is 0.220. The van der Waals surface area contributed by atoms with Crippen molar-refractivity contribution < 1.29 is 9.47 Å². The van der Waals surface area contributed by atoms with E-state index in [-0.39, 0.29) is 11.6 Å². The standard InChI is InChI=1S/C8H17NO2/c1-8(2,9)6-11-7-3-4-10-5-7/h7H,3-6,9H2,1-2H3. The van der Waals surface area contributed by atoms with Gasteiger partial charge in [-0.3, -0.25) is 0 Å². The van der Waals surface area contributed by atoms with Crippen molar-refractivity contribution in [1.29, 1.82) is 0 Å². The van der Waals surface area contributed by atoms with Crippen LogP contribution in [0.4, 0.5) is 0 Å². The molecular formula is C8H17NO2. The highest BCUT2D eigenvalue weighted by Crippen LogP contribution is 2.10. The summed E-state index contributed by atoms with van der Waals surface area (Å²) in [5, 5.41) is 0. The summed E-state index contributed by atoms with van der Waals surface area (Å²) in [6, 6.07) is 0. The van der Waals surface area contributed by atoms with Crippen LogP contribution in [0, 0.1) is 0 Å². The first kappa shape index (κ1) is 8.97. The molecule has 1 heterocycles. The molecule has 11 heavy (non-hydrogen) atoms. The molecular weight excluding hydrogens is 142 g/mol. The van der Waals surface area contributed by atoms with E-state index >= 15 is 0 Å². The van der Waals surface area contributed by atoms with Gasteiger partial charge in [-0.05, 0) is 20.3 Å². The Morgan fingerprint density at radius 2 is 2.36 bits per heavy atom. The molecule has 0 aromatic carbocycles. The van der Waals surface area contributed by atoms with Crippen LogP contribution in [0.3, 0.4) is 0 Å². The fraction of sp³-hybridized carbons (Fsp3) is 1.00. The molecule has 1 aliphatic heterocycles. The van der Waals surface area contributed by atoms with Gasteiger partial charge < -0.3 is 15.2 Å². The van der Waals surface area contributed by atoms with Crippen molar-refractivity contribution in [3.63, 3.8) is 0 Å². The van der Waals surface area contributed by atoms with E-state index in [0.29, 0.717) is 6.61 Å². The van der Waals surface area contributed by atoms with E-state index in [2.05, 4.69) is 0 Å². The number of nitrogens with two attached hydrogens (primary N) is 1. The number of hydrogen-bond donors (Lipinski definition) is 1. The molecule has 66 valence electrons. The minimum atomic E-state index is -0.220. The average molecular weight is 159 g/mol. The predicted molar refractivity (Wildman–Crippen MR) is 43.4 cm³/mol. The molecule has 1 saturated heterocycles. The van der Waals surface area contributed by atoms with Gasteiger partial charge in [-0.15, -0.1) is 0 Å². The van der Waals surface area contributed by atoms with Crippen molar-refractivity contribution in [1.82, 2.24) is 0 Å². The van der Waals surface area contributed by atoms with Crippen LogP contribution in [0.5, 0.6) is 0 Å². The second-order valence-electron chi connectivity index (χ2n) is 3.79. The molecule has 1 unspecified atom stereocenters. The summed E-state index contributed by atoms with van der Waals surface area (Å²) < 4.78 is 10.7. The Hall–Kier alpha value is -0.120. The third-order valence-corrected chi connectivity index (χ3v) is 1.58. The summed E-state index contributed by atoms with van der Waals surface area (Å²) in [7, 11) is 0. The SMILES string of the molecule is CC(C)(N)COC1CCOC1. The average Bonchev–Trinajstić information content (AvgIpc) is 2.32. The summed E-state index contributed by atoms with van der Waals surface area (Å²) >= 11 is 0. The quantitative estimate of drug-likeness (QED) is 0.653. The van der Waals surface area contributed by atoms with Crippen LogP contribution in [0.25, 0.3) is 0 Å². The van der Waals surface area contributed by atoms with E-state index in [1.807, 2.05) is 13.8 Å². The van der Waals surface area contributed by atoms with Crippen LogP contribution >= 0.6 is 0 Å². The minimum Gasteiger partial charge on any atom is -0.379 e. The van der Waals surface area contributed by atoms with Gasteiger partial charge in [0.25, 0.3) is 0 Å². The maximum atomic E-state index is 5.75. The molecule has 2 N–H and O–H groups in total. The highest BCUT2D eigenvalue weighted by molar-refractivity contribution is 4.72. The van der Waals surface area contributed by atoms with Gasteiger partial charge in [0.05, 0.1) is 19.3 Å². The zero-order valence-electron chi connectivity index (χ0n) is 7.30. The highest BCUT2D eigenvalue weighted by Gasteiger charge is 2.19. The van der Waals surface area contributed by atoms with Gasteiger partial charge >= 0.3 is 0 Å². The Bertz CT molecular complexity index is 114. The second kappa shape index (κ2) is 3.52. The molecule has 0 radical (unpaired) electrons. The molecule has 0 saturated carbocycles. The zero-order valence-corrected chi connectivity index (χ0v) is 7.30. The normalized spacial score (nSPS) is 25.9. The molecule has 1 rings (SSSR count). The van der Waals surface area contributed by atoms with Crippen LogP contribution in [0.15, 0.2) is 0 Å². The lowest BCUT2D eigenvalue weighted by Gasteiger charge is -2.20. The molecule has 0 amide bonds. The van der Waals surface area contributed by atoms with Crippen LogP contribution in [0.1, 0.15) is 20.3 Å². The first-order valence-corrected chi connectivity index (χ1v) is 4.06. The van der Waals surface area contributed by atoms with Crippen LogP contribution in [0.2, 0.25) is 0 Å². The van der Waals surface area contributed by atoms with Crippen molar-refractivity contribution in [3.05, 3.63) is 0 Å². The lowest BCUT2D eigenvalue weighted by molar-refractivity contribution is 0.0209. The van der Waals surface area contributed by atoms with Crippen molar-refractivity contribution in [2.24, 2.45) is 5.73 Å². The Morgan fingerprint density at radius 3 is 2.82 bits per heavy atom. The number of rotatable bonds is 3. The maximum Gasteiger partial charge on any atom is 0.0831 e. The Labute approximate surface area is 67.9 Å². The monoisotopic (exact) mass is 159 g/mol. The van der Waals surface area contributed by atoms with E-state index in [1.54, 1.807) is 0 Å². The third kappa shape index (κ3) is 3.70. The van der Waals surface area contributed by atoms with Crippen molar-refractivity contribution in [2.45, 2.75) is 31.9 Å². The first-order chi connectivity index (χ1) is 5.08. The van der Waals surface area contributed by atoms with Gasteiger partial charge in [0, 0.05) is 12.1 Å². The molecule has 3 nitrogen and oxygen atoms in total. The van der Waals surface area contributed by atoms with Gasteiger partial charge in [-0.1, -0.05) is 0 Å². The molecule has 1 fully saturated rings. The molecule has 1 aliphatic rings.